The van der Waals surface area contributed by atoms with E-state index in [-0.39, 0.29) is 68.2 Å². The molecule has 8 atom stereocenters. The number of hydrogen-bond acceptors (Lipinski definition) is 18. The third-order valence-electron chi connectivity index (χ3n) is 12.2. The summed E-state index contributed by atoms with van der Waals surface area (Å²) >= 11 is 0. The van der Waals surface area contributed by atoms with Crippen LogP contribution in [0.5, 0.6) is 86.2 Å². The topological polar surface area (TPSA) is 320 Å². The molecule has 0 aliphatic carbocycles. The van der Waals surface area contributed by atoms with Crippen LogP contribution in [0.3, 0.4) is 0 Å². The van der Waals surface area contributed by atoms with Crippen LogP contribution in [0.2, 0.25) is 0 Å². The molecule has 0 radical (unpaired) electrons. The molecule has 6 aromatic carbocycles. The molecule has 2 bridgehead atoms. The Morgan fingerprint density at radius 3 is 1.67 bits per heavy atom. The number of aromatic hydroxyl groups is 11. The first-order chi connectivity index (χ1) is 30.0. The second-order valence-corrected chi connectivity index (χ2v) is 15.9. The van der Waals surface area contributed by atoms with Crippen molar-refractivity contribution in [2.45, 2.75) is 54.6 Å². The zero-order valence-electron chi connectivity index (χ0n) is 32.1. The summed E-state index contributed by atoms with van der Waals surface area (Å²) in [6.45, 7) is 0. The van der Waals surface area contributed by atoms with Gasteiger partial charge in [-0.25, -0.2) is 0 Å². The van der Waals surface area contributed by atoms with E-state index in [0.717, 1.165) is 48.5 Å². The lowest BCUT2D eigenvalue weighted by Gasteiger charge is -2.51. The Hall–Kier alpha value is -7.80. The number of hydrogen-bond donors (Lipinski definition) is 14. The van der Waals surface area contributed by atoms with Gasteiger partial charge in [-0.05, 0) is 53.6 Å². The van der Waals surface area contributed by atoms with Gasteiger partial charge < -0.3 is 90.4 Å². The van der Waals surface area contributed by atoms with Gasteiger partial charge in [0.05, 0.1) is 17.9 Å². The number of aliphatic hydroxyl groups is 3. The number of benzene rings is 6. The quantitative estimate of drug-likeness (QED) is 0.110. The fraction of sp³-hybridized carbons (Fsp3) is 0.200. The molecule has 0 aromatic heterocycles. The minimum absolute atomic E-state index is 0.0246. The maximum Gasteiger partial charge on any atom is 0.305 e. The van der Waals surface area contributed by atoms with Gasteiger partial charge in [-0.1, -0.05) is 12.1 Å². The largest absolute Gasteiger partial charge is 0.508 e. The Morgan fingerprint density at radius 2 is 1.03 bits per heavy atom. The molecule has 18 nitrogen and oxygen atoms in total. The van der Waals surface area contributed by atoms with Crippen molar-refractivity contribution in [3.8, 4) is 86.2 Å². The van der Waals surface area contributed by atoms with Crippen LogP contribution in [0.4, 0.5) is 0 Å². The SMILES string of the molecule is Oc1cc(O)c2c(c1)O[C@H](c1ccc(O)c(O)c1)[C@H](O)[C@@H]2c1c(O)cc(O)c2c1O[C@@]1(c3ccc(O)c(O)c3)Oc3cc(O)c4c(c3[C@@H]2[C@H]1O)O[C@H](c1ccc(O)c(O)c1)[C@H](O)C4. The van der Waals surface area contributed by atoms with E-state index >= 15 is 0 Å². The van der Waals surface area contributed by atoms with Gasteiger partial charge in [0.1, 0.15) is 70.1 Å². The standard InChI is InChI=1S/C45H36O18/c46-18-10-27(54)33-31(11-18)60-41(16-2-5-21(48)25(52)8-16)39(58)37(33)34-28(55)13-29(56)35-38-36-32(62-45(44(38)59,63-43(34)35)17-3-6-22(49)26(53)9-17)14-23(50)19-12-30(57)40(61-42(19)36)15-1-4-20(47)24(51)7-15/h1-11,13-14,30,37-41,44,46-59H,12H2/t30-,37+,38-,39-,40-,41-,44-,45-/m1/s1. The van der Waals surface area contributed by atoms with Gasteiger partial charge in [0, 0.05) is 64.1 Å². The van der Waals surface area contributed by atoms with E-state index < -0.39 is 117 Å². The molecule has 0 saturated carbocycles. The molecule has 0 unspecified atom stereocenters. The summed E-state index contributed by atoms with van der Waals surface area (Å²) in [5.74, 6) is -12.9. The number of phenols is 11. The smallest absolute Gasteiger partial charge is 0.305 e. The fourth-order valence-electron chi connectivity index (χ4n) is 9.32. The second kappa shape index (κ2) is 13.6. The number of ether oxygens (including phenoxy) is 4. The lowest BCUT2D eigenvalue weighted by Crippen LogP contribution is -2.58. The monoisotopic (exact) mass is 864 g/mol. The lowest BCUT2D eigenvalue weighted by atomic mass is 9.71. The molecule has 0 spiro atoms. The molecule has 10 rings (SSSR count). The molecular weight excluding hydrogens is 828 g/mol. The van der Waals surface area contributed by atoms with Gasteiger partial charge in [-0.2, -0.15) is 0 Å². The van der Waals surface area contributed by atoms with Crippen molar-refractivity contribution in [1.29, 1.82) is 0 Å². The first-order valence-corrected chi connectivity index (χ1v) is 19.3. The van der Waals surface area contributed by atoms with E-state index in [4.69, 9.17) is 18.9 Å². The molecule has 4 heterocycles. The number of aliphatic hydroxyl groups excluding tert-OH is 3. The highest BCUT2D eigenvalue weighted by molar-refractivity contribution is 5.72. The molecule has 4 aliphatic heterocycles. The van der Waals surface area contributed by atoms with Gasteiger partial charge in [-0.3, -0.25) is 0 Å². The van der Waals surface area contributed by atoms with Crippen LogP contribution in [0, 0.1) is 0 Å². The molecular formula is C45H36O18. The van der Waals surface area contributed by atoms with Crippen molar-refractivity contribution in [2.75, 3.05) is 0 Å². The van der Waals surface area contributed by atoms with Crippen LogP contribution >= 0.6 is 0 Å². The molecule has 6 aromatic rings. The normalized spacial score (nSPS) is 25.2. The number of phenolic OH excluding ortho intramolecular Hbond substituents is 11. The maximum absolute atomic E-state index is 12.7. The molecule has 0 amide bonds. The molecule has 0 fully saturated rings. The van der Waals surface area contributed by atoms with Gasteiger partial charge in [0.25, 0.3) is 0 Å². The van der Waals surface area contributed by atoms with Gasteiger partial charge in [0.2, 0.25) is 0 Å². The second-order valence-electron chi connectivity index (χ2n) is 15.9. The summed E-state index contributed by atoms with van der Waals surface area (Å²) in [6.07, 6.45) is -8.09. The van der Waals surface area contributed by atoms with E-state index in [9.17, 15) is 71.5 Å². The van der Waals surface area contributed by atoms with Crippen molar-refractivity contribution in [2.24, 2.45) is 0 Å². The molecule has 63 heavy (non-hydrogen) atoms. The highest BCUT2D eigenvalue weighted by Crippen LogP contribution is 2.65. The van der Waals surface area contributed by atoms with Crippen LogP contribution in [-0.4, -0.2) is 89.8 Å². The third kappa shape index (κ3) is 5.68. The minimum Gasteiger partial charge on any atom is -0.508 e. The Labute approximate surface area is 354 Å². The van der Waals surface area contributed by atoms with Crippen LogP contribution in [0.15, 0.2) is 78.9 Å². The predicted octanol–water partition coefficient (Wildman–Crippen LogP) is 4.24. The molecule has 18 heteroatoms. The lowest BCUT2D eigenvalue weighted by molar-refractivity contribution is -0.219. The van der Waals surface area contributed by atoms with Crippen LogP contribution in [-0.2, 0) is 12.2 Å². The summed E-state index contributed by atoms with van der Waals surface area (Å²) in [5.41, 5.74) is -0.635. The number of rotatable bonds is 4. The highest BCUT2D eigenvalue weighted by atomic mass is 16.7. The van der Waals surface area contributed by atoms with Crippen molar-refractivity contribution >= 4 is 0 Å². The zero-order chi connectivity index (χ0) is 44.5. The van der Waals surface area contributed by atoms with Crippen molar-refractivity contribution in [1.82, 2.24) is 0 Å². The summed E-state index contributed by atoms with van der Waals surface area (Å²) < 4.78 is 25.7. The fourth-order valence-corrected chi connectivity index (χ4v) is 9.32. The molecule has 4 aliphatic rings. The molecule has 0 saturated heterocycles. The highest BCUT2D eigenvalue weighted by Gasteiger charge is 2.61. The first-order valence-electron chi connectivity index (χ1n) is 19.3. The predicted molar refractivity (Wildman–Crippen MR) is 212 cm³/mol. The number of fused-ring (bicyclic) bond motifs is 9. The first kappa shape index (κ1) is 39.3. The van der Waals surface area contributed by atoms with Gasteiger partial charge in [-0.15, -0.1) is 0 Å². The third-order valence-corrected chi connectivity index (χ3v) is 12.2. The summed E-state index contributed by atoms with van der Waals surface area (Å²) in [7, 11) is 0. The van der Waals surface area contributed by atoms with Crippen LogP contribution in [0.1, 0.15) is 68.6 Å². The van der Waals surface area contributed by atoms with Crippen molar-refractivity contribution < 1.29 is 90.4 Å². The van der Waals surface area contributed by atoms with E-state index in [1.807, 2.05) is 0 Å². The van der Waals surface area contributed by atoms with Crippen molar-refractivity contribution in [3.05, 3.63) is 123 Å². The average molecular weight is 865 g/mol. The van der Waals surface area contributed by atoms with E-state index in [1.54, 1.807) is 0 Å². The van der Waals surface area contributed by atoms with E-state index in [1.165, 1.54) is 30.3 Å². The van der Waals surface area contributed by atoms with E-state index in [0.29, 0.717) is 0 Å². The van der Waals surface area contributed by atoms with Crippen molar-refractivity contribution in [3.63, 3.8) is 0 Å². The summed E-state index contributed by atoms with van der Waals surface area (Å²) in [4.78, 5) is 0. The van der Waals surface area contributed by atoms with Crippen LogP contribution in [0.25, 0.3) is 0 Å². The maximum atomic E-state index is 12.7. The molecule has 14 N–H and O–H groups in total. The summed E-state index contributed by atoms with van der Waals surface area (Å²) in [6, 6.07) is 14.8. The van der Waals surface area contributed by atoms with Gasteiger partial charge >= 0.3 is 5.79 Å². The van der Waals surface area contributed by atoms with Crippen LogP contribution < -0.4 is 18.9 Å². The summed E-state index contributed by atoms with van der Waals surface area (Å²) in [5, 5.41) is 156. The van der Waals surface area contributed by atoms with Gasteiger partial charge in [0.15, 0.2) is 40.6 Å². The minimum atomic E-state index is -2.50. The Morgan fingerprint density at radius 1 is 0.444 bits per heavy atom. The molecule has 324 valence electrons. The average Bonchev–Trinajstić information content (AvgIpc) is 3.22. The Bertz CT molecular complexity index is 2910. The van der Waals surface area contributed by atoms with E-state index in [2.05, 4.69) is 0 Å². The Kier molecular flexibility index (Phi) is 8.49. The Balaban J connectivity index is 1.25. The zero-order valence-corrected chi connectivity index (χ0v) is 32.1.